The maximum absolute atomic E-state index is 10.8. The molecule has 8 heteroatoms. The van der Waals surface area contributed by atoms with Gasteiger partial charge in [0.05, 0.1) is 13.2 Å². The number of hydrogen-bond donors (Lipinski definition) is 2. The highest BCUT2D eigenvalue weighted by Crippen LogP contribution is 2.39. The van der Waals surface area contributed by atoms with Crippen molar-refractivity contribution in [2.45, 2.75) is 37.0 Å². The number of benzene rings is 2. The van der Waals surface area contributed by atoms with Gasteiger partial charge in [-0.2, -0.15) is 0 Å². The van der Waals surface area contributed by atoms with Crippen LogP contribution in [0.2, 0.25) is 10.0 Å². The Morgan fingerprint density at radius 1 is 0.893 bits per heavy atom. The number of aliphatic hydroxyl groups is 2. The minimum atomic E-state index is -1.07. The monoisotopic (exact) mass is 426 g/mol. The third kappa shape index (κ3) is 3.92. The van der Waals surface area contributed by atoms with Gasteiger partial charge in [0.15, 0.2) is 12.6 Å². The standard InChI is InChI=1S/C20H20Cl2O6/c21-13-7-3-1-5-11(13)19-25-10-16(27-19)17(24)18-15(9-23)26-20(28-18)12-6-2-4-8-14(12)22/h1-8,15-20,23-24H,9-10H2/t15-,16+,17+,18+,19?,20?/m0/s1. The van der Waals surface area contributed by atoms with Gasteiger partial charge in [-0.25, -0.2) is 0 Å². The molecule has 2 fully saturated rings. The number of halogens is 2. The summed E-state index contributed by atoms with van der Waals surface area (Å²) in [5, 5.41) is 21.5. The van der Waals surface area contributed by atoms with Crippen molar-refractivity contribution < 1.29 is 29.2 Å². The third-order valence-electron chi connectivity index (χ3n) is 4.87. The number of aliphatic hydroxyl groups excluding tert-OH is 2. The lowest BCUT2D eigenvalue weighted by atomic mass is 10.0. The van der Waals surface area contributed by atoms with E-state index >= 15 is 0 Å². The van der Waals surface area contributed by atoms with Gasteiger partial charge in [-0.1, -0.05) is 59.6 Å². The Hall–Kier alpha value is -1.22. The maximum Gasteiger partial charge on any atom is 0.186 e. The highest BCUT2D eigenvalue weighted by Gasteiger charge is 2.46. The highest BCUT2D eigenvalue weighted by molar-refractivity contribution is 6.31. The van der Waals surface area contributed by atoms with E-state index in [1.807, 2.05) is 18.2 Å². The number of ether oxygens (including phenoxy) is 4. The predicted octanol–water partition coefficient (Wildman–Crippen LogP) is 3.24. The van der Waals surface area contributed by atoms with Crippen LogP contribution in [-0.4, -0.2) is 47.8 Å². The van der Waals surface area contributed by atoms with Crippen molar-refractivity contribution in [1.82, 2.24) is 0 Å². The topological polar surface area (TPSA) is 77.4 Å². The van der Waals surface area contributed by atoms with Gasteiger partial charge in [0, 0.05) is 21.2 Å². The van der Waals surface area contributed by atoms with Crippen LogP contribution in [0, 0.1) is 0 Å². The molecule has 2 heterocycles. The molecule has 0 amide bonds. The second-order valence-electron chi connectivity index (χ2n) is 6.66. The van der Waals surface area contributed by atoms with E-state index < -0.39 is 37.0 Å². The van der Waals surface area contributed by atoms with E-state index in [0.717, 1.165) is 0 Å². The Morgan fingerprint density at radius 2 is 1.50 bits per heavy atom. The summed E-state index contributed by atoms with van der Waals surface area (Å²) in [6.45, 7) is -0.157. The Bertz CT molecular complexity index is 819. The second-order valence-corrected chi connectivity index (χ2v) is 7.48. The predicted molar refractivity (Wildman–Crippen MR) is 102 cm³/mol. The molecule has 2 saturated heterocycles. The van der Waals surface area contributed by atoms with Gasteiger partial charge in [0.2, 0.25) is 0 Å². The summed E-state index contributed by atoms with van der Waals surface area (Å²) in [5.41, 5.74) is 1.32. The maximum atomic E-state index is 10.8. The third-order valence-corrected chi connectivity index (χ3v) is 5.56. The zero-order valence-electron chi connectivity index (χ0n) is 14.8. The molecule has 2 aliphatic rings. The van der Waals surface area contributed by atoms with Crippen LogP contribution in [0.4, 0.5) is 0 Å². The zero-order chi connectivity index (χ0) is 19.7. The van der Waals surface area contributed by atoms with Gasteiger partial charge in [0.1, 0.15) is 24.4 Å². The van der Waals surface area contributed by atoms with Crippen LogP contribution in [0.1, 0.15) is 23.7 Å². The summed E-state index contributed by atoms with van der Waals surface area (Å²) in [6, 6.07) is 14.3. The van der Waals surface area contributed by atoms with E-state index in [1.165, 1.54) is 0 Å². The van der Waals surface area contributed by atoms with Gasteiger partial charge in [-0.05, 0) is 12.1 Å². The first-order chi connectivity index (χ1) is 13.6. The van der Waals surface area contributed by atoms with Gasteiger partial charge >= 0.3 is 0 Å². The van der Waals surface area contributed by atoms with Gasteiger partial charge in [-0.15, -0.1) is 0 Å². The molecule has 2 aromatic carbocycles. The highest BCUT2D eigenvalue weighted by atomic mass is 35.5. The van der Waals surface area contributed by atoms with Crippen molar-refractivity contribution in [3.63, 3.8) is 0 Å². The zero-order valence-corrected chi connectivity index (χ0v) is 16.3. The molecule has 2 N–H and O–H groups in total. The van der Waals surface area contributed by atoms with E-state index in [2.05, 4.69) is 0 Å². The molecular formula is C20H20Cl2O6. The largest absolute Gasteiger partial charge is 0.394 e. The normalized spacial score (nSPS) is 31.2. The number of rotatable bonds is 5. The van der Waals surface area contributed by atoms with Crippen molar-refractivity contribution in [3.05, 3.63) is 69.7 Å². The van der Waals surface area contributed by atoms with Crippen molar-refractivity contribution in [1.29, 1.82) is 0 Å². The molecule has 0 bridgehead atoms. The lowest BCUT2D eigenvalue weighted by molar-refractivity contribution is -0.125. The lowest BCUT2D eigenvalue weighted by Gasteiger charge is -2.25. The van der Waals surface area contributed by atoms with Crippen LogP contribution in [0.15, 0.2) is 48.5 Å². The summed E-state index contributed by atoms with van der Waals surface area (Å²) in [4.78, 5) is 0. The van der Waals surface area contributed by atoms with E-state index in [4.69, 9.17) is 42.1 Å². The van der Waals surface area contributed by atoms with E-state index in [-0.39, 0.29) is 13.2 Å². The van der Waals surface area contributed by atoms with Crippen molar-refractivity contribution in [3.8, 4) is 0 Å². The van der Waals surface area contributed by atoms with Crippen LogP contribution in [0.25, 0.3) is 0 Å². The molecule has 2 aliphatic heterocycles. The Morgan fingerprint density at radius 3 is 2.11 bits per heavy atom. The summed E-state index contributed by atoms with van der Waals surface area (Å²) in [7, 11) is 0. The summed E-state index contributed by atoms with van der Waals surface area (Å²) in [5.74, 6) is 0. The van der Waals surface area contributed by atoms with Crippen LogP contribution in [0.5, 0.6) is 0 Å². The smallest absolute Gasteiger partial charge is 0.186 e. The molecule has 6 nitrogen and oxygen atoms in total. The van der Waals surface area contributed by atoms with Crippen LogP contribution >= 0.6 is 23.2 Å². The van der Waals surface area contributed by atoms with Crippen LogP contribution in [-0.2, 0) is 18.9 Å². The lowest BCUT2D eigenvalue weighted by Crippen LogP contribution is -2.45. The van der Waals surface area contributed by atoms with Gasteiger partial charge < -0.3 is 29.2 Å². The fraction of sp³-hybridized carbons (Fsp3) is 0.400. The minimum Gasteiger partial charge on any atom is -0.394 e. The summed E-state index contributed by atoms with van der Waals surface area (Å²) in [6.07, 6.45) is -4.72. The fourth-order valence-electron chi connectivity index (χ4n) is 3.40. The average molecular weight is 427 g/mol. The summed E-state index contributed by atoms with van der Waals surface area (Å²) >= 11 is 12.4. The summed E-state index contributed by atoms with van der Waals surface area (Å²) < 4.78 is 23.2. The average Bonchev–Trinajstić information content (AvgIpc) is 3.35. The first-order valence-electron chi connectivity index (χ1n) is 8.94. The molecule has 0 spiro atoms. The fourth-order valence-corrected chi connectivity index (χ4v) is 3.85. The first kappa shape index (κ1) is 20.1. The molecule has 150 valence electrons. The Kier molecular flexibility index (Phi) is 6.20. The van der Waals surface area contributed by atoms with Gasteiger partial charge in [0.25, 0.3) is 0 Å². The quantitative estimate of drug-likeness (QED) is 0.763. The van der Waals surface area contributed by atoms with E-state index in [0.29, 0.717) is 21.2 Å². The van der Waals surface area contributed by atoms with Crippen molar-refractivity contribution >= 4 is 23.2 Å². The SMILES string of the molecule is OC[C@@H]1OC(c2ccccc2Cl)O[C@H]1[C@H](O)[C@H]1COC(c2ccccc2Cl)O1. The molecule has 0 aliphatic carbocycles. The Balaban J connectivity index is 1.46. The molecule has 2 aromatic rings. The molecule has 4 rings (SSSR count). The van der Waals surface area contributed by atoms with Gasteiger partial charge in [-0.3, -0.25) is 0 Å². The molecule has 6 atom stereocenters. The van der Waals surface area contributed by atoms with Crippen LogP contribution in [0.3, 0.4) is 0 Å². The molecule has 0 radical (unpaired) electrons. The molecule has 0 saturated carbocycles. The molecule has 0 aromatic heterocycles. The van der Waals surface area contributed by atoms with Crippen molar-refractivity contribution in [2.24, 2.45) is 0 Å². The molecule has 28 heavy (non-hydrogen) atoms. The molecular weight excluding hydrogens is 407 g/mol. The van der Waals surface area contributed by atoms with E-state index in [9.17, 15) is 10.2 Å². The minimum absolute atomic E-state index is 0.159. The van der Waals surface area contributed by atoms with Crippen LogP contribution < -0.4 is 0 Å². The number of hydrogen-bond acceptors (Lipinski definition) is 6. The van der Waals surface area contributed by atoms with E-state index in [1.54, 1.807) is 30.3 Å². The second kappa shape index (κ2) is 8.65. The van der Waals surface area contributed by atoms with Crippen molar-refractivity contribution in [2.75, 3.05) is 13.2 Å². The Labute approximate surface area is 172 Å². The first-order valence-corrected chi connectivity index (χ1v) is 9.70. The molecule has 2 unspecified atom stereocenters.